The summed E-state index contributed by atoms with van der Waals surface area (Å²) in [5.74, 6) is 0.304. The molecule has 0 aliphatic heterocycles. The SMILES string of the molecule is Cc1cc(C)cc(NC(N)=NCc2ccc(CS(=O)(=O)NC(C)C)cc2)c1.I. The predicted octanol–water partition coefficient (Wildman–Crippen LogP) is 3.68. The number of rotatable bonds is 7. The molecule has 2 aromatic carbocycles. The average Bonchev–Trinajstić information content (AvgIpc) is 2.51. The minimum Gasteiger partial charge on any atom is -0.370 e. The van der Waals surface area contributed by atoms with Crippen LogP contribution in [0.2, 0.25) is 0 Å². The lowest BCUT2D eigenvalue weighted by molar-refractivity contribution is 0.569. The molecule has 0 amide bonds. The minimum atomic E-state index is -3.32. The quantitative estimate of drug-likeness (QED) is 0.297. The molecule has 4 N–H and O–H groups in total. The molecule has 0 aliphatic rings. The largest absolute Gasteiger partial charge is 0.370 e. The number of aliphatic imine (C=N–C) groups is 1. The third-order valence-corrected chi connectivity index (χ3v) is 5.26. The lowest BCUT2D eigenvalue weighted by atomic mass is 10.1. The maximum absolute atomic E-state index is 12.0. The van der Waals surface area contributed by atoms with Crippen molar-refractivity contribution in [3.8, 4) is 0 Å². The van der Waals surface area contributed by atoms with Gasteiger partial charge in [0, 0.05) is 11.7 Å². The maximum atomic E-state index is 12.0. The third kappa shape index (κ3) is 8.57. The number of anilines is 1. The van der Waals surface area contributed by atoms with Crippen molar-refractivity contribution < 1.29 is 8.42 Å². The topological polar surface area (TPSA) is 96.6 Å². The number of guanidine groups is 1. The number of benzene rings is 2. The lowest BCUT2D eigenvalue weighted by Crippen LogP contribution is -2.31. The molecule has 0 unspecified atom stereocenters. The van der Waals surface area contributed by atoms with Crippen LogP contribution in [0.3, 0.4) is 0 Å². The van der Waals surface area contributed by atoms with Gasteiger partial charge in [-0.2, -0.15) is 0 Å². The van der Waals surface area contributed by atoms with Crippen molar-refractivity contribution in [3.05, 3.63) is 64.7 Å². The normalized spacial score (nSPS) is 12.0. The molecule has 0 bridgehead atoms. The van der Waals surface area contributed by atoms with Crippen LogP contribution in [0.15, 0.2) is 47.5 Å². The van der Waals surface area contributed by atoms with E-state index in [-0.39, 0.29) is 35.8 Å². The number of nitrogens with one attached hydrogen (secondary N) is 2. The van der Waals surface area contributed by atoms with Gasteiger partial charge in [-0.3, -0.25) is 0 Å². The summed E-state index contributed by atoms with van der Waals surface area (Å²) in [5.41, 5.74) is 10.9. The lowest BCUT2D eigenvalue weighted by Gasteiger charge is -2.10. The van der Waals surface area contributed by atoms with Gasteiger partial charge in [-0.1, -0.05) is 30.3 Å². The molecule has 0 aromatic heterocycles. The number of nitrogens with zero attached hydrogens (tertiary/aromatic N) is 1. The second-order valence-corrected chi connectivity index (χ2v) is 8.80. The fourth-order valence-electron chi connectivity index (χ4n) is 2.77. The number of aryl methyl sites for hydroxylation is 2. The molecule has 6 nitrogen and oxygen atoms in total. The van der Waals surface area contributed by atoms with Crippen LogP contribution < -0.4 is 15.8 Å². The molecule has 28 heavy (non-hydrogen) atoms. The molecule has 154 valence electrons. The van der Waals surface area contributed by atoms with Crippen molar-refractivity contribution in [2.24, 2.45) is 10.7 Å². The summed E-state index contributed by atoms with van der Waals surface area (Å²) < 4.78 is 26.5. The predicted molar refractivity (Wildman–Crippen MR) is 128 cm³/mol. The van der Waals surface area contributed by atoms with E-state index in [4.69, 9.17) is 5.73 Å². The Balaban J connectivity index is 0.00000392. The molecule has 0 atom stereocenters. The standard InChI is InChI=1S/C20H28N4O2S.HI/c1-14(2)24-27(25,26)13-18-7-5-17(6-8-18)12-22-20(21)23-19-10-15(3)9-16(4)11-19;/h5-11,14,24H,12-13H2,1-4H3,(H3,21,22,23);1H. The zero-order chi connectivity index (χ0) is 20.0. The van der Waals surface area contributed by atoms with E-state index in [9.17, 15) is 8.42 Å². The fourth-order valence-corrected chi connectivity index (χ4v) is 4.20. The molecule has 2 rings (SSSR count). The first-order chi connectivity index (χ1) is 12.6. The van der Waals surface area contributed by atoms with Gasteiger partial charge in [-0.05, 0) is 62.1 Å². The molecule has 0 fully saturated rings. The van der Waals surface area contributed by atoms with E-state index in [1.54, 1.807) is 26.0 Å². The Kier molecular flexibility index (Phi) is 9.38. The van der Waals surface area contributed by atoms with Gasteiger partial charge in [-0.25, -0.2) is 18.1 Å². The summed E-state index contributed by atoms with van der Waals surface area (Å²) in [6.07, 6.45) is 0. The minimum absolute atomic E-state index is 0. The Bertz CT molecular complexity index is 890. The van der Waals surface area contributed by atoms with Crippen molar-refractivity contribution in [1.29, 1.82) is 0 Å². The van der Waals surface area contributed by atoms with Crippen LogP contribution in [-0.4, -0.2) is 20.4 Å². The van der Waals surface area contributed by atoms with Crippen LogP contribution >= 0.6 is 24.0 Å². The Labute approximate surface area is 185 Å². The summed E-state index contributed by atoms with van der Waals surface area (Å²) in [5, 5.41) is 3.09. The second-order valence-electron chi connectivity index (χ2n) is 7.05. The Morgan fingerprint density at radius 1 is 1.04 bits per heavy atom. The van der Waals surface area contributed by atoms with Gasteiger partial charge in [0.25, 0.3) is 0 Å². The average molecular weight is 516 g/mol. The van der Waals surface area contributed by atoms with E-state index in [2.05, 4.69) is 21.1 Å². The number of halogens is 1. The van der Waals surface area contributed by atoms with Crippen molar-refractivity contribution >= 4 is 45.6 Å². The van der Waals surface area contributed by atoms with Gasteiger partial charge in [0.05, 0.1) is 12.3 Å². The Morgan fingerprint density at radius 2 is 1.57 bits per heavy atom. The van der Waals surface area contributed by atoms with Crippen LogP contribution in [0.4, 0.5) is 5.69 Å². The van der Waals surface area contributed by atoms with Crippen LogP contribution in [0.5, 0.6) is 0 Å². The van der Waals surface area contributed by atoms with Gasteiger partial charge >= 0.3 is 0 Å². The summed E-state index contributed by atoms with van der Waals surface area (Å²) in [4.78, 5) is 4.35. The molecule has 0 saturated heterocycles. The number of hydrogen-bond donors (Lipinski definition) is 3. The van der Waals surface area contributed by atoms with Crippen molar-refractivity contribution in [1.82, 2.24) is 4.72 Å². The smallest absolute Gasteiger partial charge is 0.216 e. The van der Waals surface area contributed by atoms with Gasteiger partial charge in [0.1, 0.15) is 0 Å². The summed E-state index contributed by atoms with van der Waals surface area (Å²) in [6, 6.07) is 13.3. The van der Waals surface area contributed by atoms with E-state index in [0.29, 0.717) is 12.5 Å². The first-order valence-electron chi connectivity index (χ1n) is 8.86. The highest BCUT2D eigenvalue weighted by Gasteiger charge is 2.12. The molecule has 0 radical (unpaired) electrons. The molecule has 0 saturated carbocycles. The highest BCUT2D eigenvalue weighted by Crippen LogP contribution is 2.14. The van der Waals surface area contributed by atoms with Crippen molar-refractivity contribution in [2.45, 2.75) is 46.0 Å². The van der Waals surface area contributed by atoms with E-state index < -0.39 is 10.0 Å². The van der Waals surface area contributed by atoms with Gasteiger partial charge < -0.3 is 11.1 Å². The number of sulfonamides is 1. The van der Waals surface area contributed by atoms with Gasteiger partial charge in [0.2, 0.25) is 10.0 Å². The van der Waals surface area contributed by atoms with Crippen LogP contribution in [0.25, 0.3) is 0 Å². The van der Waals surface area contributed by atoms with E-state index in [1.807, 2.05) is 38.1 Å². The number of hydrogen-bond acceptors (Lipinski definition) is 3. The van der Waals surface area contributed by atoms with Gasteiger partial charge in [0.15, 0.2) is 5.96 Å². The van der Waals surface area contributed by atoms with Crippen LogP contribution in [0, 0.1) is 13.8 Å². The summed E-state index contributed by atoms with van der Waals surface area (Å²) in [7, 11) is -3.32. The molecule has 8 heteroatoms. The fraction of sp³-hybridized carbons (Fsp3) is 0.350. The summed E-state index contributed by atoms with van der Waals surface area (Å²) in [6.45, 7) is 8.08. The third-order valence-electron chi connectivity index (χ3n) is 3.72. The molecule has 0 spiro atoms. The van der Waals surface area contributed by atoms with E-state index >= 15 is 0 Å². The zero-order valence-electron chi connectivity index (χ0n) is 16.7. The number of nitrogens with two attached hydrogens (primary N) is 1. The monoisotopic (exact) mass is 516 g/mol. The van der Waals surface area contributed by atoms with Gasteiger partial charge in [-0.15, -0.1) is 24.0 Å². The highest BCUT2D eigenvalue weighted by molar-refractivity contribution is 14.0. The first-order valence-corrected chi connectivity index (χ1v) is 10.5. The maximum Gasteiger partial charge on any atom is 0.216 e. The van der Waals surface area contributed by atoms with E-state index in [1.165, 1.54) is 0 Å². The highest BCUT2D eigenvalue weighted by atomic mass is 127. The second kappa shape index (κ2) is 10.8. The molecular formula is C20H29IN4O2S. The first kappa shape index (κ1) is 24.4. The zero-order valence-corrected chi connectivity index (χ0v) is 19.8. The van der Waals surface area contributed by atoms with E-state index in [0.717, 1.165) is 27.9 Å². The summed E-state index contributed by atoms with van der Waals surface area (Å²) >= 11 is 0. The van der Waals surface area contributed by atoms with Crippen LogP contribution in [0.1, 0.15) is 36.1 Å². The Morgan fingerprint density at radius 3 is 2.11 bits per heavy atom. The van der Waals surface area contributed by atoms with Crippen molar-refractivity contribution in [3.63, 3.8) is 0 Å². The Hall–Kier alpha value is -1.65. The van der Waals surface area contributed by atoms with Crippen molar-refractivity contribution in [2.75, 3.05) is 5.32 Å². The molecule has 0 heterocycles. The molecular weight excluding hydrogens is 487 g/mol. The molecule has 2 aromatic rings. The van der Waals surface area contributed by atoms with Crippen LogP contribution in [-0.2, 0) is 22.3 Å². The molecule has 0 aliphatic carbocycles.